The van der Waals surface area contributed by atoms with E-state index >= 15 is 0 Å². The Morgan fingerprint density at radius 3 is 2.65 bits per heavy atom. The minimum atomic E-state index is -0.722. The topological polar surface area (TPSA) is 46.5 Å². The minimum Gasteiger partial charge on any atom is -0.493 e. The molecule has 0 fully saturated rings. The number of carboxylic acid groups (broad SMARTS) is 1. The van der Waals surface area contributed by atoms with Crippen molar-refractivity contribution in [2.45, 2.75) is 39.5 Å². The molecule has 0 saturated heterocycles. The molecule has 0 spiro atoms. The van der Waals surface area contributed by atoms with E-state index in [4.69, 9.17) is 9.84 Å². The van der Waals surface area contributed by atoms with Crippen molar-refractivity contribution >= 4 is 5.97 Å². The first-order valence-corrected chi connectivity index (χ1v) is 6.01. The normalized spacial score (nSPS) is 10.2. The molecule has 0 heterocycles. The number of aryl methyl sites for hydroxylation is 2. The molecule has 0 radical (unpaired) electrons. The largest absolute Gasteiger partial charge is 0.493 e. The summed E-state index contributed by atoms with van der Waals surface area (Å²) in [5.41, 5.74) is 2.38. The molecule has 0 bridgehead atoms. The van der Waals surface area contributed by atoms with E-state index in [1.807, 2.05) is 19.1 Å². The van der Waals surface area contributed by atoms with Gasteiger partial charge in [0, 0.05) is 6.42 Å². The van der Waals surface area contributed by atoms with E-state index in [2.05, 4.69) is 13.0 Å². The van der Waals surface area contributed by atoms with Crippen LogP contribution in [0.1, 0.15) is 36.8 Å². The molecule has 0 aromatic heterocycles. The highest BCUT2D eigenvalue weighted by Crippen LogP contribution is 2.19. The molecule has 1 N–H and O–H groups in total. The van der Waals surface area contributed by atoms with Gasteiger partial charge in [-0.2, -0.15) is 0 Å². The Morgan fingerprint density at radius 2 is 2.00 bits per heavy atom. The smallest absolute Gasteiger partial charge is 0.303 e. The van der Waals surface area contributed by atoms with Crippen LogP contribution in [0.3, 0.4) is 0 Å². The fraction of sp³-hybridized carbons (Fsp3) is 0.500. The second-order valence-corrected chi connectivity index (χ2v) is 4.32. The summed E-state index contributed by atoms with van der Waals surface area (Å²) in [5.74, 6) is 0.203. The highest BCUT2D eigenvalue weighted by atomic mass is 16.5. The van der Waals surface area contributed by atoms with E-state index in [0.717, 1.165) is 30.6 Å². The summed E-state index contributed by atoms with van der Waals surface area (Å²) in [6.45, 7) is 4.75. The Bertz CT molecular complexity index is 372. The Balaban J connectivity index is 2.20. The van der Waals surface area contributed by atoms with Crippen LogP contribution in [-0.4, -0.2) is 17.7 Å². The van der Waals surface area contributed by atoms with Crippen LogP contribution in [0.2, 0.25) is 0 Å². The van der Waals surface area contributed by atoms with Crippen LogP contribution in [0.25, 0.3) is 0 Å². The Morgan fingerprint density at radius 1 is 1.24 bits per heavy atom. The third-order valence-electron chi connectivity index (χ3n) is 2.62. The molecule has 0 aliphatic rings. The van der Waals surface area contributed by atoms with E-state index < -0.39 is 5.97 Å². The van der Waals surface area contributed by atoms with Gasteiger partial charge in [0.2, 0.25) is 0 Å². The SMILES string of the molecule is Cc1ccc(OCCCCCC(=O)O)c(C)c1. The number of rotatable bonds is 7. The molecular weight excluding hydrogens is 216 g/mol. The Labute approximate surface area is 102 Å². The first-order valence-electron chi connectivity index (χ1n) is 6.01. The van der Waals surface area contributed by atoms with Gasteiger partial charge in [-0.1, -0.05) is 17.7 Å². The van der Waals surface area contributed by atoms with Gasteiger partial charge in [0.25, 0.3) is 0 Å². The van der Waals surface area contributed by atoms with Crippen molar-refractivity contribution in [1.82, 2.24) is 0 Å². The lowest BCUT2D eigenvalue weighted by Crippen LogP contribution is -2.00. The molecule has 0 aliphatic carbocycles. The van der Waals surface area contributed by atoms with E-state index in [1.165, 1.54) is 5.56 Å². The van der Waals surface area contributed by atoms with Gasteiger partial charge in [-0.15, -0.1) is 0 Å². The van der Waals surface area contributed by atoms with Gasteiger partial charge in [0.1, 0.15) is 5.75 Å². The van der Waals surface area contributed by atoms with Crippen molar-refractivity contribution in [3.63, 3.8) is 0 Å². The number of aliphatic carboxylic acids is 1. The summed E-state index contributed by atoms with van der Waals surface area (Å²) in [6.07, 6.45) is 2.78. The first kappa shape index (κ1) is 13.6. The lowest BCUT2D eigenvalue weighted by atomic mass is 10.1. The van der Waals surface area contributed by atoms with Gasteiger partial charge < -0.3 is 9.84 Å². The number of hydrogen-bond acceptors (Lipinski definition) is 2. The number of carboxylic acids is 1. The van der Waals surface area contributed by atoms with Crippen molar-refractivity contribution in [1.29, 1.82) is 0 Å². The van der Waals surface area contributed by atoms with Crippen LogP contribution < -0.4 is 4.74 Å². The van der Waals surface area contributed by atoms with Crippen molar-refractivity contribution in [3.8, 4) is 5.75 Å². The molecule has 3 heteroatoms. The van der Waals surface area contributed by atoms with Crippen molar-refractivity contribution < 1.29 is 14.6 Å². The van der Waals surface area contributed by atoms with E-state index in [-0.39, 0.29) is 6.42 Å². The zero-order chi connectivity index (χ0) is 12.7. The molecule has 1 aromatic carbocycles. The van der Waals surface area contributed by atoms with Gasteiger partial charge in [0.05, 0.1) is 6.61 Å². The third kappa shape index (κ3) is 5.38. The van der Waals surface area contributed by atoms with Crippen LogP contribution in [0.5, 0.6) is 5.75 Å². The zero-order valence-corrected chi connectivity index (χ0v) is 10.5. The number of benzene rings is 1. The predicted molar refractivity (Wildman–Crippen MR) is 67.5 cm³/mol. The number of carbonyl (C=O) groups is 1. The van der Waals surface area contributed by atoms with Crippen LogP contribution in [-0.2, 0) is 4.79 Å². The average molecular weight is 236 g/mol. The predicted octanol–water partition coefficient (Wildman–Crippen LogP) is 3.33. The van der Waals surface area contributed by atoms with E-state index in [1.54, 1.807) is 0 Å². The lowest BCUT2D eigenvalue weighted by molar-refractivity contribution is -0.137. The highest BCUT2D eigenvalue weighted by molar-refractivity contribution is 5.66. The van der Waals surface area contributed by atoms with Gasteiger partial charge in [-0.3, -0.25) is 4.79 Å². The molecule has 3 nitrogen and oxygen atoms in total. The third-order valence-corrected chi connectivity index (χ3v) is 2.62. The molecule has 94 valence electrons. The molecule has 0 atom stereocenters. The molecule has 0 aliphatic heterocycles. The quantitative estimate of drug-likeness (QED) is 0.739. The summed E-state index contributed by atoms with van der Waals surface area (Å²) in [7, 11) is 0. The summed E-state index contributed by atoms with van der Waals surface area (Å²) in [4.78, 5) is 10.3. The van der Waals surface area contributed by atoms with Crippen LogP contribution >= 0.6 is 0 Å². The molecule has 1 aromatic rings. The molecule has 0 amide bonds. The lowest BCUT2D eigenvalue weighted by Gasteiger charge is -2.09. The second kappa shape index (κ2) is 6.94. The van der Waals surface area contributed by atoms with Gasteiger partial charge in [-0.25, -0.2) is 0 Å². The Hall–Kier alpha value is -1.51. The molecule has 0 saturated carbocycles. The van der Waals surface area contributed by atoms with E-state index in [0.29, 0.717) is 6.61 Å². The standard InChI is InChI=1S/C14H20O3/c1-11-7-8-13(12(2)10-11)17-9-5-3-4-6-14(15)16/h7-8,10H,3-6,9H2,1-2H3,(H,15,16). The fourth-order valence-corrected chi connectivity index (χ4v) is 1.70. The number of unbranched alkanes of at least 4 members (excludes halogenated alkanes) is 2. The van der Waals surface area contributed by atoms with Crippen molar-refractivity contribution in [2.75, 3.05) is 6.61 Å². The summed E-state index contributed by atoms with van der Waals surface area (Å²) in [6, 6.07) is 6.12. The maximum Gasteiger partial charge on any atom is 0.303 e. The first-order chi connectivity index (χ1) is 8.09. The van der Waals surface area contributed by atoms with E-state index in [9.17, 15) is 4.79 Å². The number of hydrogen-bond donors (Lipinski definition) is 1. The van der Waals surface area contributed by atoms with Crippen molar-refractivity contribution in [3.05, 3.63) is 29.3 Å². The minimum absolute atomic E-state index is 0.254. The maximum absolute atomic E-state index is 10.3. The summed E-state index contributed by atoms with van der Waals surface area (Å²) in [5, 5.41) is 8.48. The average Bonchev–Trinajstić information content (AvgIpc) is 2.25. The summed E-state index contributed by atoms with van der Waals surface area (Å²) < 4.78 is 5.65. The monoisotopic (exact) mass is 236 g/mol. The highest BCUT2D eigenvalue weighted by Gasteiger charge is 2.00. The van der Waals surface area contributed by atoms with Crippen molar-refractivity contribution in [2.24, 2.45) is 0 Å². The number of ether oxygens (including phenoxy) is 1. The van der Waals surface area contributed by atoms with Gasteiger partial charge in [-0.05, 0) is 44.7 Å². The van der Waals surface area contributed by atoms with Crippen LogP contribution in [0.4, 0.5) is 0 Å². The van der Waals surface area contributed by atoms with Gasteiger partial charge >= 0.3 is 5.97 Å². The fourth-order valence-electron chi connectivity index (χ4n) is 1.70. The molecule has 17 heavy (non-hydrogen) atoms. The van der Waals surface area contributed by atoms with Crippen LogP contribution in [0, 0.1) is 13.8 Å². The molecule has 0 unspecified atom stereocenters. The maximum atomic E-state index is 10.3. The Kier molecular flexibility index (Phi) is 5.53. The zero-order valence-electron chi connectivity index (χ0n) is 10.5. The van der Waals surface area contributed by atoms with Gasteiger partial charge in [0.15, 0.2) is 0 Å². The second-order valence-electron chi connectivity index (χ2n) is 4.32. The molecular formula is C14H20O3. The molecule has 1 rings (SSSR count). The van der Waals surface area contributed by atoms with Crippen LogP contribution in [0.15, 0.2) is 18.2 Å². The summed E-state index contributed by atoms with van der Waals surface area (Å²) >= 11 is 0.